The van der Waals surface area contributed by atoms with Crippen molar-refractivity contribution in [3.63, 3.8) is 0 Å². The van der Waals surface area contributed by atoms with Crippen molar-refractivity contribution >= 4 is 11.6 Å². The Labute approximate surface area is 126 Å². The molecule has 5 nitrogen and oxygen atoms in total. The summed E-state index contributed by atoms with van der Waals surface area (Å²) >= 11 is 0. The first-order chi connectivity index (χ1) is 10.3. The summed E-state index contributed by atoms with van der Waals surface area (Å²) in [6.45, 7) is 6.67. The number of benzene rings is 1. The van der Waals surface area contributed by atoms with E-state index in [1.807, 2.05) is 23.1 Å². The van der Waals surface area contributed by atoms with Crippen molar-refractivity contribution < 1.29 is 9.53 Å². The van der Waals surface area contributed by atoms with Crippen LogP contribution in [-0.2, 0) is 4.79 Å². The van der Waals surface area contributed by atoms with E-state index in [4.69, 9.17) is 4.74 Å². The van der Waals surface area contributed by atoms with Gasteiger partial charge in [-0.3, -0.25) is 4.79 Å². The second kappa shape index (κ2) is 7.88. The van der Waals surface area contributed by atoms with E-state index >= 15 is 0 Å². The van der Waals surface area contributed by atoms with Gasteiger partial charge >= 0.3 is 0 Å². The quantitative estimate of drug-likeness (QED) is 0.804. The molecule has 0 spiro atoms. The number of para-hydroxylation sites is 2. The van der Waals surface area contributed by atoms with Crippen LogP contribution >= 0.6 is 0 Å². The Morgan fingerprint density at radius 2 is 1.95 bits per heavy atom. The molecule has 0 bridgehead atoms. The van der Waals surface area contributed by atoms with Crippen molar-refractivity contribution in [2.45, 2.75) is 13.3 Å². The molecule has 21 heavy (non-hydrogen) atoms. The van der Waals surface area contributed by atoms with Gasteiger partial charge in [0.15, 0.2) is 0 Å². The van der Waals surface area contributed by atoms with E-state index in [2.05, 4.69) is 23.2 Å². The van der Waals surface area contributed by atoms with Gasteiger partial charge in [-0.2, -0.15) is 0 Å². The number of carbonyl (C=O) groups excluding carboxylic acids is 1. The van der Waals surface area contributed by atoms with Crippen LogP contribution in [0.15, 0.2) is 24.3 Å². The van der Waals surface area contributed by atoms with E-state index in [1.165, 1.54) is 0 Å². The third-order valence-corrected chi connectivity index (χ3v) is 3.76. The van der Waals surface area contributed by atoms with Gasteiger partial charge in [0.1, 0.15) is 5.75 Å². The molecule has 1 aromatic carbocycles. The van der Waals surface area contributed by atoms with Crippen LogP contribution < -0.4 is 15.0 Å². The molecule has 0 unspecified atom stereocenters. The summed E-state index contributed by atoms with van der Waals surface area (Å²) in [5, 5.41) is 3.17. The summed E-state index contributed by atoms with van der Waals surface area (Å²) < 4.78 is 5.41. The Morgan fingerprint density at radius 3 is 2.62 bits per heavy atom. The second-order valence-electron chi connectivity index (χ2n) is 5.22. The summed E-state index contributed by atoms with van der Waals surface area (Å²) in [6.07, 6.45) is 1.05. The maximum absolute atomic E-state index is 12.1. The van der Waals surface area contributed by atoms with Gasteiger partial charge in [-0.05, 0) is 25.1 Å². The van der Waals surface area contributed by atoms with E-state index in [1.54, 1.807) is 7.11 Å². The number of carbonyl (C=O) groups is 1. The second-order valence-corrected chi connectivity index (χ2v) is 5.22. The molecule has 0 saturated carbocycles. The zero-order valence-corrected chi connectivity index (χ0v) is 13.0. The lowest BCUT2D eigenvalue weighted by Gasteiger charge is -2.36. The van der Waals surface area contributed by atoms with Crippen LogP contribution in [0.25, 0.3) is 0 Å². The number of nitrogens with zero attached hydrogens (tertiary/aromatic N) is 2. The Morgan fingerprint density at radius 1 is 1.24 bits per heavy atom. The van der Waals surface area contributed by atoms with E-state index in [9.17, 15) is 4.79 Å². The molecule has 1 aliphatic rings. The first kappa shape index (κ1) is 15.6. The Hall–Kier alpha value is -1.75. The van der Waals surface area contributed by atoms with Crippen LogP contribution in [0.5, 0.6) is 5.75 Å². The number of hydrogen-bond donors (Lipinski definition) is 1. The van der Waals surface area contributed by atoms with Gasteiger partial charge in [0.25, 0.3) is 0 Å². The molecule has 1 N–H and O–H groups in total. The summed E-state index contributed by atoms with van der Waals surface area (Å²) in [5.41, 5.74) is 1.11. The van der Waals surface area contributed by atoms with Crippen molar-refractivity contribution in [2.75, 3.05) is 51.3 Å². The smallest absolute Gasteiger partial charge is 0.236 e. The summed E-state index contributed by atoms with van der Waals surface area (Å²) in [4.78, 5) is 16.3. The van der Waals surface area contributed by atoms with Gasteiger partial charge in [0.05, 0.1) is 19.3 Å². The molecule has 1 aromatic rings. The number of ether oxygens (including phenoxy) is 1. The molecule has 5 heteroatoms. The van der Waals surface area contributed by atoms with Gasteiger partial charge in [-0.15, -0.1) is 0 Å². The predicted molar refractivity (Wildman–Crippen MR) is 84.9 cm³/mol. The predicted octanol–water partition coefficient (Wildman–Crippen LogP) is 1.34. The van der Waals surface area contributed by atoms with Crippen molar-refractivity contribution in [1.82, 2.24) is 10.2 Å². The van der Waals surface area contributed by atoms with E-state index in [-0.39, 0.29) is 5.91 Å². The average Bonchev–Trinajstić information content (AvgIpc) is 2.55. The Bertz CT molecular complexity index is 457. The zero-order chi connectivity index (χ0) is 15.1. The fourth-order valence-corrected chi connectivity index (χ4v) is 2.57. The van der Waals surface area contributed by atoms with Gasteiger partial charge < -0.3 is 19.9 Å². The zero-order valence-electron chi connectivity index (χ0n) is 13.0. The monoisotopic (exact) mass is 291 g/mol. The van der Waals surface area contributed by atoms with Crippen LogP contribution in [0.3, 0.4) is 0 Å². The third-order valence-electron chi connectivity index (χ3n) is 3.76. The fraction of sp³-hybridized carbons (Fsp3) is 0.562. The minimum Gasteiger partial charge on any atom is -0.495 e. The largest absolute Gasteiger partial charge is 0.495 e. The molecule has 1 aliphatic heterocycles. The highest BCUT2D eigenvalue weighted by Gasteiger charge is 2.22. The number of hydrogen-bond acceptors (Lipinski definition) is 4. The van der Waals surface area contributed by atoms with E-state index in [0.29, 0.717) is 6.54 Å². The number of nitrogens with one attached hydrogen (secondary N) is 1. The van der Waals surface area contributed by atoms with Gasteiger partial charge in [0.2, 0.25) is 5.91 Å². The minimum absolute atomic E-state index is 0.197. The molecule has 0 aromatic heterocycles. The van der Waals surface area contributed by atoms with Crippen LogP contribution in [0.4, 0.5) is 5.69 Å². The first-order valence-corrected chi connectivity index (χ1v) is 7.62. The molecule has 116 valence electrons. The molecular formula is C16H25N3O2. The summed E-state index contributed by atoms with van der Waals surface area (Å²) in [5.74, 6) is 1.09. The lowest BCUT2D eigenvalue weighted by Crippen LogP contribution is -2.51. The standard InChI is InChI=1S/C16H25N3O2/c1-3-8-17-13-16(20)19-11-9-18(10-12-19)14-6-4-5-7-15(14)21-2/h4-7,17H,3,8-13H2,1-2H3. The van der Waals surface area contributed by atoms with Gasteiger partial charge in [-0.25, -0.2) is 0 Å². The molecule has 1 fully saturated rings. The number of anilines is 1. The molecule has 2 rings (SSSR count). The normalized spacial score (nSPS) is 15.1. The summed E-state index contributed by atoms with van der Waals surface area (Å²) in [7, 11) is 1.69. The highest BCUT2D eigenvalue weighted by Crippen LogP contribution is 2.28. The maximum atomic E-state index is 12.1. The molecular weight excluding hydrogens is 266 g/mol. The average molecular weight is 291 g/mol. The molecule has 0 radical (unpaired) electrons. The summed E-state index contributed by atoms with van der Waals surface area (Å²) in [6, 6.07) is 8.03. The maximum Gasteiger partial charge on any atom is 0.236 e. The highest BCUT2D eigenvalue weighted by atomic mass is 16.5. The molecule has 0 aliphatic carbocycles. The topological polar surface area (TPSA) is 44.8 Å². The van der Waals surface area contributed by atoms with Crippen molar-refractivity contribution in [3.8, 4) is 5.75 Å². The molecule has 1 saturated heterocycles. The minimum atomic E-state index is 0.197. The van der Waals surface area contributed by atoms with Crippen molar-refractivity contribution in [3.05, 3.63) is 24.3 Å². The Kier molecular flexibility index (Phi) is 5.87. The van der Waals surface area contributed by atoms with Crippen LogP contribution in [0, 0.1) is 0 Å². The Balaban J connectivity index is 1.87. The van der Waals surface area contributed by atoms with Crippen LogP contribution in [0.1, 0.15) is 13.3 Å². The fourth-order valence-electron chi connectivity index (χ4n) is 2.57. The van der Waals surface area contributed by atoms with Gasteiger partial charge in [-0.1, -0.05) is 19.1 Å². The third kappa shape index (κ3) is 4.11. The molecule has 1 heterocycles. The number of methoxy groups -OCH3 is 1. The van der Waals surface area contributed by atoms with E-state index < -0.39 is 0 Å². The van der Waals surface area contributed by atoms with Crippen LogP contribution in [0.2, 0.25) is 0 Å². The SMILES string of the molecule is CCCNCC(=O)N1CCN(c2ccccc2OC)CC1. The van der Waals surface area contributed by atoms with Crippen LogP contribution in [-0.4, -0.2) is 57.2 Å². The first-order valence-electron chi connectivity index (χ1n) is 7.62. The lowest BCUT2D eigenvalue weighted by atomic mass is 10.2. The molecule has 0 atom stereocenters. The van der Waals surface area contributed by atoms with Gasteiger partial charge in [0, 0.05) is 26.2 Å². The van der Waals surface area contributed by atoms with Crippen molar-refractivity contribution in [1.29, 1.82) is 0 Å². The lowest BCUT2D eigenvalue weighted by molar-refractivity contribution is -0.130. The van der Waals surface area contributed by atoms with Crippen molar-refractivity contribution in [2.24, 2.45) is 0 Å². The number of amides is 1. The number of rotatable bonds is 6. The number of piperazine rings is 1. The molecule has 1 amide bonds. The highest BCUT2D eigenvalue weighted by molar-refractivity contribution is 5.78. The van der Waals surface area contributed by atoms with E-state index in [0.717, 1.165) is 50.6 Å².